The summed E-state index contributed by atoms with van der Waals surface area (Å²) in [7, 11) is 1.72. The number of benzene rings is 1. The Hall–Kier alpha value is -0.980. The second-order valence-corrected chi connectivity index (χ2v) is 5.80. The molecule has 0 bridgehead atoms. The number of halogens is 1. The van der Waals surface area contributed by atoms with Gasteiger partial charge in [-0.2, -0.15) is 0 Å². The summed E-state index contributed by atoms with van der Waals surface area (Å²) in [5, 5.41) is 6.93. The molecule has 2 rings (SSSR count). The first-order chi connectivity index (χ1) is 10.8. The van der Waals surface area contributed by atoms with Crippen LogP contribution in [0.2, 0.25) is 0 Å². The Labute approximate surface area is 157 Å². The molecule has 0 aromatic heterocycles. The van der Waals surface area contributed by atoms with Crippen LogP contribution in [0.15, 0.2) is 29.3 Å². The van der Waals surface area contributed by atoms with Crippen LogP contribution in [-0.2, 0) is 6.42 Å². The fourth-order valence-corrected chi connectivity index (χ4v) is 2.96. The predicted octanol–water partition coefficient (Wildman–Crippen LogP) is 3.74. The Morgan fingerprint density at radius 2 is 1.96 bits per heavy atom. The van der Waals surface area contributed by atoms with Gasteiger partial charge >= 0.3 is 0 Å². The molecule has 0 aliphatic heterocycles. The molecule has 0 radical (unpaired) electrons. The van der Waals surface area contributed by atoms with Crippen molar-refractivity contribution in [2.75, 3.05) is 20.2 Å². The number of nitrogens with one attached hydrogen (secondary N) is 2. The van der Waals surface area contributed by atoms with Crippen LogP contribution >= 0.6 is 24.0 Å². The van der Waals surface area contributed by atoms with E-state index in [0.29, 0.717) is 6.04 Å². The summed E-state index contributed by atoms with van der Waals surface area (Å²) >= 11 is 0. The van der Waals surface area contributed by atoms with Gasteiger partial charge in [-0.05, 0) is 37.8 Å². The predicted molar refractivity (Wildman–Crippen MR) is 108 cm³/mol. The van der Waals surface area contributed by atoms with E-state index in [1.54, 1.807) is 7.11 Å². The minimum Gasteiger partial charge on any atom is -0.496 e. The van der Waals surface area contributed by atoms with Crippen molar-refractivity contribution in [1.82, 2.24) is 10.6 Å². The molecule has 2 N–H and O–H groups in total. The lowest BCUT2D eigenvalue weighted by molar-refractivity contribution is 0.408. The van der Waals surface area contributed by atoms with Crippen molar-refractivity contribution in [1.29, 1.82) is 0 Å². The van der Waals surface area contributed by atoms with Crippen LogP contribution in [0.1, 0.15) is 44.6 Å². The van der Waals surface area contributed by atoms with Gasteiger partial charge in [-0.15, -0.1) is 24.0 Å². The topological polar surface area (TPSA) is 45.7 Å². The van der Waals surface area contributed by atoms with Gasteiger partial charge in [0.25, 0.3) is 0 Å². The zero-order chi connectivity index (χ0) is 15.6. The van der Waals surface area contributed by atoms with E-state index in [9.17, 15) is 0 Å². The van der Waals surface area contributed by atoms with Gasteiger partial charge in [0.2, 0.25) is 0 Å². The van der Waals surface area contributed by atoms with Crippen LogP contribution < -0.4 is 15.4 Å². The number of para-hydroxylation sites is 1. The van der Waals surface area contributed by atoms with Crippen molar-refractivity contribution >= 4 is 29.9 Å². The van der Waals surface area contributed by atoms with E-state index in [1.807, 2.05) is 18.2 Å². The number of nitrogens with zero attached hydrogens (tertiary/aromatic N) is 1. The molecule has 5 heteroatoms. The number of ether oxygens (including phenoxy) is 1. The molecule has 1 aliphatic rings. The monoisotopic (exact) mass is 431 g/mol. The second-order valence-electron chi connectivity index (χ2n) is 5.80. The summed E-state index contributed by atoms with van der Waals surface area (Å²) in [6.45, 7) is 3.77. The quantitative estimate of drug-likeness (QED) is 0.410. The van der Waals surface area contributed by atoms with Crippen LogP contribution in [-0.4, -0.2) is 32.2 Å². The smallest absolute Gasteiger partial charge is 0.191 e. The zero-order valence-electron chi connectivity index (χ0n) is 14.3. The first-order valence-electron chi connectivity index (χ1n) is 8.50. The first kappa shape index (κ1) is 20.1. The van der Waals surface area contributed by atoms with E-state index in [0.717, 1.165) is 31.2 Å². The molecule has 1 aliphatic carbocycles. The summed E-state index contributed by atoms with van der Waals surface area (Å²) in [6, 6.07) is 8.74. The van der Waals surface area contributed by atoms with Crippen molar-refractivity contribution in [2.24, 2.45) is 4.99 Å². The molecule has 0 spiro atoms. The molecule has 4 nitrogen and oxygen atoms in total. The van der Waals surface area contributed by atoms with E-state index >= 15 is 0 Å². The molecule has 0 atom stereocenters. The van der Waals surface area contributed by atoms with Gasteiger partial charge in [0.1, 0.15) is 5.75 Å². The van der Waals surface area contributed by atoms with Crippen molar-refractivity contribution in [2.45, 2.75) is 51.5 Å². The van der Waals surface area contributed by atoms with E-state index in [2.05, 4.69) is 23.6 Å². The maximum atomic E-state index is 5.39. The maximum absolute atomic E-state index is 5.39. The van der Waals surface area contributed by atoms with Gasteiger partial charge in [0, 0.05) is 19.1 Å². The van der Waals surface area contributed by atoms with Crippen LogP contribution in [0.5, 0.6) is 5.75 Å². The Morgan fingerprint density at radius 3 is 2.65 bits per heavy atom. The highest BCUT2D eigenvalue weighted by Crippen LogP contribution is 2.18. The third-order valence-electron chi connectivity index (χ3n) is 4.13. The van der Waals surface area contributed by atoms with E-state index in [4.69, 9.17) is 9.73 Å². The highest BCUT2D eigenvalue weighted by Gasteiger charge is 2.14. The Morgan fingerprint density at radius 1 is 1.22 bits per heavy atom. The van der Waals surface area contributed by atoms with Crippen LogP contribution in [0, 0.1) is 0 Å². The van der Waals surface area contributed by atoms with Gasteiger partial charge in [-0.1, -0.05) is 37.5 Å². The van der Waals surface area contributed by atoms with Gasteiger partial charge < -0.3 is 15.4 Å². The van der Waals surface area contributed by atoms with Crippen LogP contribution in [0.4, 0.5) is 0 Å². The van der Waals surface area contributed by atoms with E-state index < -0.39 is 0 Å². The second kappa shape index (κ2) is 11.5. The lowest BCUT2D eigenvalue weighted by Gasteiger charge is -2.24. The molecule has 0 unspecified atom stereocenters. The number of hydrogen-bond acceptors (Lipinski definition) is 2. The minimum absolute atomic E-state index is 0. The minimum atomic E-state index is 0. The SMILES string of the molecule is CCNC(=NCCc1ccccc1OC)NC1CCCCC1.I. The average Bonchev–Trinajstić information content (AvgIpc) is 2.56. The average molecular weight is 431 g/mol. The molecule has 23 heavy (non-hydrogen) atoms. The molecule has 0 heterocycles. The van der Waals surface area contributed by atoms with Gasteiger partial charge in [0.15, 0.2) is 5.96 Å². The van der Waals surface area contributed by atoms with Gasteiger partial charge in [-0.25, -0.2) is 0 Å². The van der Waals surface area contributed by atoms with Gasteiger partial charge in [-0.3, -0.25) is 4.99 Å². The number of guanidine groups is 1. The van der Waals surface area contributed by atoms with E-state index in [1.165, 1.54) is 37.7 Å². The maximum Gasteiger partial charge on any atom is 0.191 e. The molecule has 1 aromatic rings. The normalized spacial score (nSPS) is 15.7. The third kappa shape index (κ3) is 6.97. The van der Waals surface area contributed by atoms with Crippen molar-refractivity contribution in [3.8, 4) is 5.75 Å². The van der Waals surface area contributed by atoms with Crippen molar-refractivity contribution < 1.29 is 4.74 Å². The molecular formula is C18H30IN3O. The molecule has 1 aromatic carbocycles. The summed E-state index contributed by atoms with van der Waals surface area (Å²) in [5.74, 6) is 1.90. The Bertz CT molecular complexity index is 473. The summed E-state index contributed by atoms with van der Waals surface area (Å²) in [4.78, 5) is 4.72. The van der Waals surface area contributed by atoms with Crippen molar-refractivity contribution in [3.63, 3.8) is 0 Å². The fraction of sp³-hybridized carbons (Fsp3) is 0.611. The molecule has 1 fully saturated rings. The number of aliphatic imine (C=N–C) groups is 1. The van der Waals surface area contributed by atoms with E-state index in [-0.39, 0.29) is 24.0 Å². The molecule has 0 saturated heterocycles. The summed E-state index contributed by atoms with van der Waals surface area (Å²) in [5.41, 5.74) is 1.21. The van der Waals surface area contributed by atoms with Gasteiger partial charge in [0.05, 0.1) is 7.11 Å². The Kier molecular flexibility index (Phi) is 10.1. The lowest BCUT2D eigenvalue weighted by Crippen LogP contribution is -2.44. The number of rotatable bonds is 6. The Balaban J connectivity index is 0.00000264. The number of hydrogen-bond donors (Lipinski definition) is 2. The zero-order valence-corrected chi connectivity index (χ0v) is 16.6. The first-order valence-corrected chi connectivity index (χ1v) is 8.50. The molecule has 0 amide bonds. The van der Waals surface area contributed by atoms with Crippen molar-refractivity contribution in [3.05, 3.63) is 29.8 Å². The van der Waals surface area contributed by atoms with Crippen LogP contribution in [0.3, 0.4) is 0 Å². The molecule has 1 saturated carbocycles. The lowest BCUT2D eigenvalue weighted by atomic mass is 9.96. The largest absolute Gasteiger partial charge is 0.496 e. The summed E-state index contributed by atoms with van der Waals surface area (Å²) < 4.78 is 5.39. The summed E-state index contributed by atoms with van der Waals surface area (Å²) in [6.07, 6.45) is 7.45. The van der Waals surface area contributed by atoms with Crippen LogP contribution in [0.25, 0.3) is 0 Å². The molecular weight excluding hydrogens is 401 g/mol. The fourth-order valence-electron chi connectivity index (χ4n) is 2.96. The standard InChI is InChI=1S/C18H29N3O.HI/c1-3-19-18(21-16-10-5-4-6-11-16)20-14-13-15-9-7-8-12-17(15)22-2;/h7-9,12,16H,3-6,10-11,13-14H2,1-2H3,(H2,19,20,21);1H. The highest BCUT2D eigenvalue weighted by atomic mass is 127. The third-order valence-corrected chi connectivity index (χ3v) is 4.13. The molecule has 130 valence electrons. The number of methoxy groups -OCH3 is 1. The highest BCUT2D eigenvalue weighted by molar-refractivity contribution is 14.0.